The van der Waals surface area contributed by atoms with E-state index in [1.54, 1.807) is 12.4 Å². The van der Waals surface area contributed by atoms with Crippen LogP contribution in [0.15, 0.2) is 29.5 Å². The van der Waals surface area contributed by atoms with Crippen LogP contribution in [0.5, 0.6) is 0 Å². The van der Waals surface area contributed by atoms with Gasteiger partial charge < -0.3 is 19.3 Å². The van der Waals surface area contributed by atoms with Crippen LogP contribution in [-0.4, -0.2) is 78.8 Å². The molecule has 2 aliphatic heterocycles. The van der Waals surface area contributed by atoms with Crippen molar-refractivity contribution in [2.45, 2.75) is 0 Å². The van der Waals surface area contributed by atoms with Crippen molar-refractivity contribution in [1.82, 2.24) is 19.9 Å². The smallest absolute Gasteiger partial charge is 0.250 e. The van der Waals surface area contributed by atoms with E-state index in [4.69, 9.17) is 9.47 Å². The third-order valence-electron chi connectivity index (χ3n) is 4.25. The summed E-state index contributed by atoms with van der Waals surface area (Å²) >= 11 is 0. The fraction of sp³-hybridized carbons (Fsp3) is 0.471. The summed E-state index contributed by atoms with van der Waals surface area (Å²) < 4.78 is 10.9. The highest BCUT2D eigenvalue weighted by Crippen LogP contribution is 2.18. The lowest BCUT2D eigenvalue weighted by Crippen LogP contribution is -2.40. The molecule has 2 saturated heterocycles. The van der Waals surface area contributed by atoms with Crippen molar-refractivity contribution >= 4 is 24.1 Å². The first kappa shape index (κ1) is 17.6. The fourth-order valence-corrected chi connectivity index (χ4v) is 2.82. The van der Waals surface area contributed by atoms with E-state index in [9.17, 15) is 0 Å². The molecule has 0 amide bonds. The number of nitrogens with one attached hydrogen (secondary N) is 1. The van der Waals surface area contributed by atoms with Crippen LogP contribution in [0.1, 0.15) is 5.69 Å². The van der Waals surface area contributed by atoms with Gasteiger partial charge in [-0.1, -0.05) is 6.07 Å². The molecule has 2 aromatic rings. The predicted molar refractivity (Wildman–Crippen MR) is 101 cm³/mol. The molecule has 0 radical (unpaired) electrons. The number of aromatic nitrogens is 4. The molecule has 0 aromatic carbocycles. The summed E-state index contributed by atoms with van der Waals surface area (Å²) in [5.74, 6) is 1.66. The second-order valence-corrected chi connectivity index (χ2v) is 6.08. The Morgan fingerprint density at radius 1 is 0.889 bits per heavy atom. The highest BCUT2D eigenvalue weighted by Gasteiger charge is 2.20. The molecule has 142 valence electrons. The maximum Gasteiger partial charge on any atom is 0.250 e. The lowest BCUT2D eigenvalue weighted by atomic mass is 10.4. The molecule has 4 heterocycles. The molecule has 2 fully saturated rings. The van der Waals surface area contributed by atoms with Crippen LogP contribution in [-0.2, 0) is 9.47 Å². The average Bonchev–Trinajstić information content (AvgIpc) is 2.76. The number of anilines is 3. The van der Waals surface area contributed by atoms with E-state index in [-0.39, 0.29) is 0 Å². The van der Waals surface area contributed by atoms with Gasteiger partial charge in [0.05, 0.1) is 38.3 Å². The van der Waals surface area contributed by atoms with Gasteiger partial charge in [0.15, 0.2) is 0 Å². The number of rotatable bonds is 5. The zero-order chi connectivity index (χ0) is 18.3. The van der Waals surface area contributed by atoms with Crippen LogP contribution >= 0.6 is 0 Å². The number of hydrogen-bond acceptors (Lipinski definition) is 10. The summed E-state index contributed by atoms with van der Waals surface area (Å²) in [4.78, 5) is 22.1. The third kappa shape index (κ3) is 4.66. The first-order valence-corrected chi connectivity index (χ1v) is 9.00. The Labute approximate surface area is 157 Å². The second-order valence-electron chi connectivity index (χ2n) is 6.08. The van der Waals surface area contributed by atoms with Crippen LogP contribution in [0.3, 0.4) is 0 Å². The Kier molecular flexibility index (Phi) is 5.65. The normalized spacial score (nSPS) is 18.1. The molecule has 4 rings (SSSR count). The summed E-state index contributed by atoms with van der Waals surface area (Å²) in [7, 11) is 0. The molecule has 0 bridgehead atoms. The molecule has 10 heteroatoms. The molecule has 1 N–H and O–H groups in total. The monoisotopic (exact) mass is 370 g/mol. The molecule has 27 heavy (non-hydrogen) atoms. The van der Waals surface area contributed by atoms with Gasteiger partial charge >= 0.3 is 0 Å². The molecular formula is C17H22N8O2. The van der Waals surface area contributed by atoms with E-state index in [0.717, 1.165) is 31.9 Å². The Balaban J connectivity index is 1.55. The molecule has 0 atom stereocenters. The summed E-state index contributed by atoms with van der Waals surface area (Å²) in [6, 6.07) is 5.64. The Bertz CT molecular complexity index is 725. The second kappa shape index (κ2) is 8.69. The van der Waals surface area contributed by atoms with Gasteiger partial charge in [-0.15, -0.1) is 0 Å². The molecule has 2 aromatic heterocycles. The third-order valence-corrected chi connectivity index (χ3v) is 4.25. The minimum Gasteiger partial charge on any atom is -0.378 e. The fourth-order valence-electron chi connectivity index (χ4n) is 2.82. The van der Waals surface area contributed by atoms with Crippen LogP contribution in [0.25, 0.3) is 0 Å². The van der Waals surface area contributed by atoms with E-state index in [1.807, 2.05) is 18.2 Å². The predicted octanol–water partition coefficient (Wildman–Crippen LogP) is 0.386. The standard InChI is InChI=1S/C17H22N8O2/c1-2-4-18-14(3-1)13-19-23-15-20-16(24-5-9-26-10-6-24)22-17(21-15)25-7-11-27-12-8-25/h1-4,13H,5-12H2,(H,20,21,22,23). The van der Waals surface area contributed by atoms with Crippen molar-refractivity contribution in [3.05, 3.63) is 30.1 Å². The van der Waals surface area contributed by atoms with Gasteiger partial charge in [0.25, 0.3) is 0 Å². The van der Waals surface area contributed by atoms with Crippen molar-refractivity contribution in [3.8, 4) is 0 Å². The van der Waals surface area contributed by atoms with Crippen LogP contribution in [0, 0.1) is 0 Å². The number of ether oxygens (including phenoxy) is 2. The highest BCUT2D eigenvalue weighted by atomic mass is 16.5. The van der Waals surface area contributed by atoms with Crippen molar-refractivity contribution in [2.24, 2.45) is 5.10 Å². The molecule has 10 nitrogen and oxygen atoms in total. The van der Waals surface area contributed by atoms with Crippen molar-refractivity contribution in [3.63, 3.8) is 0 Å². The summed E-state index contributed by atoms with van der Waals surface area (Å²) in [6.45, 7) is 5.68. The first-order chi connectivity index (χ1) is 13.4. The van der Waals surface area contributed by atoms with E-state index in [1.165, 1.54) is 0 Å². The molecular weight excluding hydrogens is 348 g/mol. The van der Waals surface area contributed by atoms with Crippen molar-refractivity contribution in [1.29, 1.82) is 0 Å². The van der Waals surface area contributed by atoms with E-state index < -0.39 is 0 Å². The van der Waals surface area contributed by atoms with Gasteiger partial charge in [-0.25, -0.2) is 5.43 Å². The van der Waals surface area contributed by atoms with Gasteiger partial charge in [0.1, 0.15) is 0 Å². The Morgan fingerprint density at radius 2 is 1.52 bits per heavy atom. The molecule has 0 saturated carbocycles. The van der Waals surface area contributed by atoms with Crippen molar-refractivity contribution in [2.75, 3.05) is 67.8 Å². The average molecular weight is 370 g/mol. The SMILES string of the molecule is C(=NNc1nc(N2CCOCC2)nc(N2CCOCC2)n1)c1ccccn1. The lowest BCUT2D eigenvalue weighted by Gasteiger charge is -2.30. The minimum atomic E-state index is 0.403. The quantitative estimate of drug-likeness (QED) is 0.591. The molecule has 0 unspecified atom stereocenters. The molecule has 0 aliphatic carbocycles. The maximum atomic E-state index is 5.43. The number of pyridine rings is 1. The largest absolute Gasteiger partial charge is 0.378 e. The maximum absolute atomic E-state index is 5.43. The number of hydrazone groups is 1. The van der Waals surface area contributed by atoms with E-state index >= 15 is 0 Å². The molecule has 0 spiro atoms. The minimum absolute atomic E-state index is 0.403. The summed E-state index contributed by atoms with van der Waals surface area (Å²) in [5.41, 5.74) is 3.65. The van der Waals surface area contributed by atoms with Gasteiger partial charge in [-0.05, 0) is 12.1 Å². The zero-order valence-corrected chi connectivity index (χ0v) is 15.0. The summed E-state index contributed by atoms with van der Waals surface area (Å²) in [6.07, 6.45) is 3.35. The van der Waals surface area contributed by atoms with Gasteiger partial charge in [-0.2, -0.15) is 20.1 Å². The van der Waals surface area contributed by atoms with Crippen LogP contribution in [0.2, 0.25) is 0 Å². The molecule has 2 aliphatic rings. The zero-order valence-electron chi connectivity index (χ0n) is 15.0. The highest BCUT2D eigenvalue weighted by molar-refractivity contribution is 5.77. The van der Waals surface area contributed by atoms with Gasteiger partial charge in [-0.3, -0.25) is 4.98 Å². The lowest BCUT2D eigenvalue weighted by molar-refractivity contribution is 0.121. The van der Waals surface area contributed by atoms with Crippen LogP contribution in [0.4, 0.5) is 17.8 Å². The summed E-state index contributed by atoms with van der Waals surface area (Å²) in [5, 5.41) is 4.21. The number of hydrogen-bond donors (Lipinski definition) is 1. The number of nitrogens with zero attached hydrogens (tertiary/aromatic N) is 7. The number of morpholine rings is 2. The van der Waals surface area contributed by atoms with E-state index in [2.05, 4.69) is 40.3 Å². The van der Waals surface area contributed by atoms with Crippen molar-refractivity contribution < 1.29 is 9.47 Å². The Morgan fingerprint density at radius 3 is 2.07 bits per heavy atom. The van der Waals surface area contributed by atoms with Crippen LogP contribution < -0.4 is 15.2 Å². The first-order valence-electron chi connectivity index (χ1n) is 9.00. The topological polar surface area (TPSA) is 101 Å². The van der Waals surface area contributed by atoms with Gasteiger partial charge in [0, 0.05) is 32.4 Å². The Hall–Kier alpha value is -2.85. The van der Waals surface area contributed by atoms with E-state index in [0.29, 0.717) is 44.3 Å². The van der Waals surface area contributed by atoms with Gasteiger partial charge in [0.2, 0.25) is 17.8 Å².